The predicted molar refractivity (Wildman–Crippen MR) is 107 cm³/mol. The van der Waals surface area contributed by atoms with Crippen molar-refractivity contribution < 1.29 is 28.9 Å². The Bertz CT molecular complexity index is 1260. The van der Waals surface area contributed by atoms with Gasteiger partial charge in [0, 0.05) is 34.4 Å². The van der Waals surface area contributed by atoms with Crippen LogP contribution in [0.25, 0.3) is 0 Å². The summed E-state index contributed by atoms with van der Waals surface area (Å²) in [5.74, 6) is -0.0423. The largest absolute Gasteiger partial charge is 0.508 e. The van der Waals surface area contributed by atoms with Gasteiger partial charge in [-0.2, -0.15) is 0 Å². The highest BCUT2D eigenvalue weighted by atomic mass is 16.6. The number of rotatable bonds is 2. The van der Waals surface area contributed by atoms with Crippen LogP contribution in [0.15, 0.2) is 72.8 Å². The molecule has 2 aliphatic heterocycles. The summed E-state index contributed by atoms with van der Waals surface area (Å²) in [6, 6.07) is 16.7. The third-order valence-electron chi connectivity index (χ3n) is 5.23. The van der Waals surface area contributed by atoms with Gasteiger partial charge in [0.25, 0.3) is 0 Å². The summed E-state index contributed by atoms with van der Waals surface area (Å²) in [4.78, 5) is 24.6. The molecule has 0 saturated carbocycles. The Kier molecular flexibility index (Phi) is 3.73. The van der Waals surface area contributed by atoms with E-state index in [0.29, 0.717) is 33.8 Å². The molecule has 0 unspecified atom stereocenters. The molecule has 148 valence electrons. The van der Waals surface area contributed by atoms with Gasteiger partial charge in [0.05, 0.1) is 5.56 Å². The van der Waals surface area contributed by atoms with Gasteiger partial charge >= 0.3 is 11.9 Å². The number of hydrogen-bond donors (Lipinski definition) is 1. The Labute approximate surface area is 171 Å². The number of benzene rings is 3. The SMILES string of the molecule is C=C(C)C(=O)Oc1ccc2c(c1)Oc1cc(O)ccc1[C@]21OC(=O)c2ccccc21. The maximum atomic E-state index is 12.7. The molecule has 2 aliphatic rings. The minimum absolute atomic E-state index is 0.00910. The first-order chi connectivity index (χ1) is 14.4. The fourth-order valence-electron chi connectivity index (χ4n) is 3.90. The zero-order valence-corrected chi connectivity index (χ0v) is 16.0. The second-order valence-corrected chi connectivity index (χ2v) is 7.23. The Balaban J connectivity index is 1.75. The highest BCUT2D eigenvalue weighted by Crippen LogP contribution is 2.56. The molecular formula is C24H16O6. The van der Waals surface area contributed by atoms with Crippen molar-refractivity contribution in [3.05, 3.63) is 95.1 Å². The fourth-order valence-corrected chi connectivity index (χ4v) is 3.90. The molecule has 0 saturated heterocycles. The lowest BCUT2D eigenvalue weighted by atomic mass is 9.77. The smallest absolute Gasteiger partial charge is 0.340 e. The third kappa shape index (κ3) is 2.43. The molecule has 1 N–H and O–H groups in total. The highest BCUT2D eigenvalue weighted by molar-refractivity contribution is 5.97. The molecule has 5 rings (SSSR count). The monoisotopic (exact) mass is 400 g/mol. The van der Waals surface area contributed by atoms with Gasteiger partial charge in [-0.05, 0) is 37.3 Å². The Morgan fingerprint density at radius 3 is 2.47 bits per heavy atom. The second-order valence-electron chi connectivity index (χ2n) is 7.23. The molecule has 0 radical (unpaired) electrons. The normalized spacial score (nSPS) is 18.0. The third-order valence-corrected chi connectivity index (χ3v) is 5.23. The van der Waals surface area contributed by atoms with E-state index in [0.717, 1.165) is 0 Å². The van der Waals surface area contributed by atoms with E-state index < -0.39 is 17.5 Å². The summed E-state index contributed by atoms with van der Waals surface area (Å²) in [7, 11) is 0. The molecule has 0 amide bonds. The van der Waals surface area contributed by atoms with Gasteiger partial charge < -0.3 is 19.3 Å². The Morgan fingerprint density at radius 1 is 1.00 bits per heavy atom. The van der Waals surface area contributed by atoms with Gasteiger partial charge in [-0.15, -0.1) is 0 Å². The van der Waals surface area contributed by atoms with Crippen LogP contribution in [0.5, 0.6) is 23.0 Å². The van der Waals surface area contributed by atoms with Crippen LogP contribution in [0.1, 0.15) is 34.0 Å². The minimum atomic E-state index is -1.23. The maximum Gasteiger partial charge on any atom is 0.340 e. The zero-order valence-electron chi connectivity index (χ0n) is 16.0. The molecule has 0 aromatic heterocycles. The predicted octanol–water partition coefficient (Wildman–Crippen LogP) is 4.44. The summed E-state index contributed by atoms with van der Waals surface area (Å²) in [6.45, 7) is 5.13. The first-order valence-electron chi connectivity index (χ1n) is 9.26. The van der Waals surface area contributed by atoms with E-state index in [9.17, 15) is 14.7 Å². The van der Waals surface area contributed by atoms with Gasteiger partial charge in [0.1, 0.15) is 23.0 Å². The standard InChI is InChI=1S/C24H16O6/c1-13(2)22(26)28-15-8-10-19-21(12-15)29-20-11-14(25)7-9-18(20)24(19)17-6-4-3-5-16(17)23(27)30-24/h3-12,25H,1H2,2H3/t24-/m0/s1. The van der Waals surface area contributed by atoms with E-state index in [1.54, 1.807) is 43.3 Å². The lowest BCUT2D eigenvalue weighted by Crippen LogP contribution is -2.33. The first kappa shape index (κ1) is 18.0. The van der Waals surface area contributed by atoms with Crippen LogP contribution in [0.3, 0.4) is 0 Å². The highest BCUT2D eigenvalue weighted by Gasteiger charge is 2.53. The van der Waals surface area contributed by atoms with Gasteiger partial charge in [0.15, 0.2) is 5.60 Å². The van der Waals surface area contributed by atoms with Crippen LogP contribution in [0, 0.1) is 0 Å². The first-order valence-corrected chi connectivity index (χ1v) is 9.26. The summed E-state index contributed by atoms with van der Waals surface area (Å²) in [6.07, 6.45) is 0. The summed E-state index contributed by atoms with van der Waals surface area (Å²) in [5, 5.41) is 9.98. The lowest BCUT2D eigenvalue weighted by Gasteiger charge is -2.36. The second kappa shape index (κ2) is 6.22. The van der Waals surface area contributed by atoms with E-state index in [4.69, 9.17) is 14.2 Å². The number of fused-ring (bicyclic) bond motifs is 6. The van der Waals surface area contributed by atoms with Crippen LogP contribution in [-0.4, -0.2) is 17.0 Å². The number of aromatic hydroxyl groups is 1. The van der Waals surface area contributed by atoms with Crippen molar-refractivity contribution in [2.24, 2.45) is 0 Å². The molecule has 6 heteroatoms. The number of carbonyl (C=O) groups excluding carboxylic acids is 2. The van der Waals surface area contributed by atoms with Crippen molar-refractivity contribution >= 4 is 11.9 Å². The van der Waals surface area contributed by atoms with Crippen molar-refractivity contribution in [1.82, 2.24) is 0 Å². The number of hydrogen-bond acceptors (Lipinski definition) is 6. The molecule has 6 nitrogen and oxygen atoms in total. The molecule has 30 heavy (non-hydrogen) atoms. The van der Waals surface area contributed by atoms with E-state index in [-0.39, 0.29) is 17.1 Å². The molecule has 0 fully saturated rings. The van der Waals surface area contributed by atoms with Crippen molar-refractivity contribution in [3.63, 3.8) is 0 Å². The number of phenols is 1. The van der Waals surface area contributed by atoms with Crippen molar-refractivity contribution in [3.8, 4) is 23.0 Å². The van der Waals surface area contributed by atoms with Crippen LogP contribution < -0.4 is 9.47 Å². The molecule has 0 aliphatic carbocycles. The van der Waals surface area contributed by atoms with Crippen LogP contribution in [-0.2, 0) is 15.1 Å². The summed E-state index contributed by atoms with van der Waals surface area (Å²) in [5.41, 5.74) is 1.35. The quantitative estimate of drug-likeness (QED) is 0.389. The van der Waals surface area contributed by atoms with Crippen LogP contribution in [0.2, 0.25) is 0 Å². The molecule has 3 aromatic rings. The van der Waals surface area contributed by atoms with Crippen molar-refractivity contribution in [2.45, 2.75) is 12.5 Å². The zero-order chi connectivity index (χ0) is 21.0. The Morgan fingerprint density at radius 2 is 1.70 bits per heavy atom. The van der Waals surface area contributed by atoms with Gasteiger partial charge in [0.2, 0.25) is 0 Å². The van der Waals surface area contributed by atoms with E-state index in [1.165, 1.54) is 12.1 Å². The van der Waals surface area contributed by atoms with Crippen LogP contribution >= 0.6 is 0 Å². The summed E-state index contributed by atoms with van der Waals surface area (Å²) < 4.78 is 17.3. The lowest BCUT2D eigenvalue weighted by molar-refractivity contribution is -0.130. The summed E-state index contributed by atoms with van der Waals surface area (Å²) >= 11 is 0. The fraction of sp³-hybridized carbons (Fsp3) is 0.0833. The topological polar surface area (TPSA) is 82.1 Å². The van der Waals surface area contributed by atoms with Crippen LogP contribution in [0.4, 0.5) is 0 Å². The number of ether oxygens (including phenoxy) is 3. The average Bonchev–Trinajstić information content (AvgIpc) is 3.01. The van der Waals surface area contributed by atoms with E-state index in [2.05, 4.69) is 6.58 Å². The minimum Gasteiger partial charge on any atom is -0.508 e. The van der Waals surface area contributed by atoms with E-state index in [1.807, 2.05) is 12.1 Å². The van der Waals surface area contributed by atoms with Gasteiger partial charge in [-0.3, -0.25) is 0 Å². The van der Waals surface area contributed by atoms with E-state index >= 15 is 0 Å². The number of phenolic OH excluding ortho intramolecular Hbond substituents is 1. The molecule has 1 atom stereocenters. The molecule has 1 spiro atoms. The Hall–Kier alpha value is -4.06. The van der Waals surface area contributed by atoms with Crippen molar-refractivity contribution in [2.75, 3.05) is 0 Å². The number of esters is 2. The van der Waals surface area contributed by atoms with Gasteiger partial charge in [-0.25, -0.2) is 9.59 Å². The molecule has 2 heterocycles. The number of carbonyl (C=O) groups is 2. The molecule has 0 bridgehead atoms. The average molecular weight is 400 g/mol. The maximum absolute atomic E-state index is 12.7. The van der Waals surface area contributed by atoms with Gasteiger partial charge in [-0.1, -0.05) is 24.8 Å². The molecular weight excluding hydrogens is 384 g/mol. The molecule has 3 aromatic carbocycles. The van der Waals surface area contributed by atoms with Crippen molar-refractivity contribution in [1.29, 1.82) is 0 Å².